The predicted molar refractivity (Wildman–Crippen MR) is 109 cm³/mol. The average Bonchev–Trinajstić information content (AvgIpc) is 2.71. The van der Waals surface area contributed by atoms with Crippen LogP contribution in [0.2, 0.25) is 0 Å². The fourth-order valence-corrected chi connectivity index (χ4v) is 5.96. The molecule has 3 atom stereocenters. The van der Waals surface area contributed by atoms with Gasteiger partial charge in [0.1, 0.15) is 12.4 Å². The zero-order valence-electron chi connectivity index (χ0n) is 16.7. The molecule has 0 spiro atoms. The van der Waals surface area contributed by atoms with Crippen molar-refractivity contribution in [1.29, 1.82) is 0 Å². The molecule has 2 fully saturated rings. The van der Waals surface area contributed by atoms with Crippen LogP contribution in [0.5, 0.6) is 11.5 Å². The van der Waals surface area contributed by atoms with E-state index in [-0.39, 0.29) is 24.0 Å². The molecule has 0 aromatic heterocycles. The van der Waals surface area contributed by atoms with Gasteiger partial charge in [-0.1, -0.05) is 36.4 Å². The Morgan fingerprint density at radius 2 is 1.97 bits per heavy atom. The summed E-state index contributed by atoms with van der Waals surface area (Å²) < 4.78 is 5.96. The molecular weight excluding hydrogens is 366 g/mol. The summed E-state index contributed by atoms with van der Waals surface area (Å²) in [5, 5.41) is 23.1. The number of benzene rings is 2. The molecule has 1 aliphatic heterocycles. The number of hydrogen-bond donors (Lipinski definition) is 2. The summed E-state index contributed by atoms with van der Waals surface area (Å²) >= 11 is 0. The fraction of sp³-hybridized carbons (Fsp3) is 0.458. The highest BCUT2D eigenvalue weighted by molar-refractivity contribution is 5.83. The first-order chi connectivity index (χ1) is 13.9. The number of ketones is 1. The highest BCUT2D eigenvalue weighted by atomic mass is 16.5. The summed E-state index contributed by atoms with van der Waals surface area (Å²) in [6.45, 7) is 1.16. The number of likely N-dealkylation sites (tertiary alicyclic amines) is 1. The molecule has 2 N–H and O–H groups in total. The quantitative estimate of drug-likeness (QED) is 0.839. The van der Waals surface area contributed by atoms with Crippen LogP contribution in [-0.2, 0) is 23.2 Å². The minimum atomic E-state index is -1.00. The third-order valence-corrected chi connectivity index (χ3v) is 7.44. The Kier molecular flexibility index (Phi) is 4.23. The van der Waals surface area contributed by atoms with Crippen LogP contribution >= 0.6 is 0 Å². The van der Waals surface area contributed by atoms with Gasteiger partial charge in [-0.15, -0.1) is 0 Å². The van der Waals surface area contributed by atoms with E-state index in [0.717, 1.165) is 23.2 Å². The third kappa shape index (κ3) is 2.64. The lowest BCUT2D eigenvalue weighted by Gasteiger charge is -2.62. The van der Waals surface area contributed by atoms with Crippen LogP contribution in [0.3, 0.4) is 0 Å². The van der Waals surface area contributed by atoms with Gasteiger partial charge in [-0.2, -0.15) is 0 Å². The zero-order valence-corrected chi connectivity index (χ0v) is 16.7. The van der Waals surface area contributed by atoms with Crippen LogP contribution in [0, 0.1) is 0 Å². The van der Waals surface area contributed by atoms with Crippen LogP contribution in [0.25, 0.3) is 0 Å². The number of carbonyl (C=O) groups is 1. The molecule has 29 heavy (non-hydrogen) atoms. The molecule has 2 aromatic rings. The van der Waals surface area contributed by atoms with E-state index in [1.54, 1.807) is 0 Å². The monoisotopic (exact) mass is 393 g/mol. The molecule has 5 rings (SSSR count). The van der Waals surface area contributed by atoms with E-state index in [1.807, 2.05) is 49.5 Å². The van der Waals surface area contributed by atoms with E-state index in [2.05, 4.69) is 4.90 Å². The molecule has 5 nitrogen and oxygen atoms in total. The molecule has 2 aromatic carbocycles. The van der Waals surface area contributed by atoms with Crippen molar-refractivity contribution < 1.29 is 19.7 Å². The van der Waals surface area contributed by atoms with Crippen LogP contribution in [0.1, 0.15) is 42.4 Å². The van der Waals surface area contributed by atoms with Gasteiger partial charge in [0, 0.05) is 29.9 Å². The zero-order chi connectivity index (χ0) is 20.2. The molecule has 0 unspecified atom stereocenters. The van der Waals surface area contributed by atoms with Crippen molar-refractivity contribution in [3.63, 3.8) is 0 Å². The number of likely N-dealkylation sites (N-methyl/N-ethyl adjacent to an activating group) is 1. The van der Waals surface area contributed by atoms with Crippen molar-refractivity contribution in [3.8, 4) is 11.5 Å². The summed E-state index contributed by atoms with van der Waals surface area (Å²) in [4.78, 5) is 14.7. The number of fused-ring (bicyclic) bond motifs is 1. The minimum absolute atomic E-state index is 0.0349. The summed E-state index contributed by atoms with van der Waals surface area (Å²) in [6, 6.07) is 13.6. The maximum Gasteiger partial charge on any atom is 0.161 e. The molecule has 1 heterocycles. The number of ether oxygens (including phenoxy) is 1. The molecule has 1 saturated carbocycles. The standard InChI is InChI=1S/C24H27NO4/c1-25-12-11-23-14-18(26)9-10-24(23,28)20(25)13-17-7-8-19(22(27)21(17)23)29-15-16-5-3-2-4-6-16/h2-8,20,27-28H,9-15H2,1H3/t20-,23-,24-/m1/s1. The second-order valence-electron chi connectivity index (χ2n) is 8.89. The SMILES string of the molecule is CN1CC[C@]23CC(=O)CC[C@@]2(O)[C@H]1Cc1ccc(OCc2ccccc2)c(O)c13. The maximum absolute atomic E-state index is 12.5. The Labute approximate surface area is 170 Å². The van der Waals surface area contributed by atoms with Crippen LogP contribution in [0.4, 0.5) is 0 Å². The Balaban J connectivity index is 1.59. The van der Waals surface area contributed by atoms with Gasteiger partial charge in [0.25, 0.3) is 0 Å². The lowest BCUT2D eigenvalue weighted by Crippen LogP contribution is -2.72. The molecular formula is C24H27NO4. The number of Topliss-reactive ketones (excluding diaryl/α,β-unsaturated/α-hetero) is 1. The number of aliphatic hydroxyl groups is 1. The van der Waals surface area contributed by atoms with Gasteiger partial charge < -0.3 is 19.8 Å². The molecule has 152 valence electrons. The fourth-order valence-electron chi connectivity index (χ4n) is 5.96. The van der Waals surface area contributed by atoms with E-state index >= 15 is 0 Å². The van der Waals surface area contributed by atoms with Gasteiger partial charge in [0.15, 0.2) is 11.5 Å². The second-order valence-corrected chi connectivity index (χ2v) is 8.89. The number of aromatic hydroxyl groups is 1. The van der Waals surface area contributed by atoms with E-state index in [9.17, 15) is 15.0 Å². The highest BCUT2D eigenvalue weighted by Crippen LogP contribution is 2.60. The average molecular weight is 393 g/mol. The smallest absolute Gasteiger partial charge is 0.161 e. The van der Waals surface area contributed by atoms with Crippen molar-refractivity contribution in [2.45, 2.75) is 55.8 Å². The Hall–Kier alpha value is -2.37. The summed E-state index contributed by atoms with van der Waals surface area (Å²) in [6.07, 6.45) is 2.48. The van der Waals surface area contributed by atoms with Gasteiger partial charge in [-0.05, 0) is 50.0 Å². The van der Waals surface area contributed by atoms with Gasteiger partial charge in [-0.3, -0.25) is 4.79 Å². The lowest BCUT2D eigenvalue weighted by molar-refractivity contribution is -0.169. The molecule has 0 radical (unpaired) electrons. The third-order valence-electron chi connectivity index (χ3n) is 7.44. The van der Waals surface area contributed by atoms with Gasteiger partial charge in [0.2, 0.25) is 0 Å². The Morgan fingerprint density at radius 3 is 2.76 bits per heavy atom. The minimum Gasteiger partial charge on any atom is -0.504 e. The number of carbonyl (C=O) groups excluding carboxylic acids is 1. The van der Waals surface area contributed by atoms with Crippen molar-refractivity contribution in [2.24, 2.45) is 0 Å². The second kappa shape index (κ2) is 6.57. The Morgan fingerprint density at radius 1 is 1.17 bits per heavy atom. The summed E-state index contributed by atoms with van der Waals surface area (Å²) in [5.74, 6) is 0.676. The number of phenolic OH excluding ortho intramolecular Hbond substituents is 1. The number of rotatable bonds is 3. The van der Waals surface area contributed by atoms with Crippen molar-refractivity contribution in [2.75, 3.05) is 13.6 Å². The number of hydrogen-bond acceptors (Lipinski definition) is 5. The number of nitrogens with zero attached hydrogens (tertiary/aromatic N) is 1. The van der Waals surface area contributed by atoms with E-state index in [0.29, 0.717) is 38.0 Å². The van der Waals surface area contributed by atoms with Crippen molar-refractivity contribution in [3.05, 3.63) is 59.2 Å². The molecule has 5 heteroatoms. The van der Waals surface area contributed by atoms with Gasteiger partial charge in [0.05, 0.1) is 5.60 Å². The normalized spacial score (nSPS) is 31.1. The van der Waals surface area contributed by atoms with Crippen LogP contribution in [0.15, 0.2) is 42.5 Å². The predicted octanol–water partition coefficient (Wildman–Crippen LogP) is 2.95. The maximum atomic E-state index is 12.5. The highest BCUT2D eigenvalue weighted by Gasteiger charge is 2.65. The molecule has 2 bridgehead atoms. The summed E-state index contributed by atoms with van der Waals surface area (Å²) in [7, 11) is 2.05. The van der Waals surface area contributed by atoms with Gasteiger partial charge >= 0.3 is 0 Å². The van der Waals surface area contributed by atoms with Crippen molar-refractivity contribution in [1.82, 2.24) is 4.90 Å². The first-order valence-electron chi connectivity index (χ1n) is 10.4. The topological polar surface area (TPSA) is 70.0 Å². The van der Waals surface area contributed by atoms with Crippen LogP contribution in [-0.4, -0.2) is 46.1 Å². The largest absolute Gasteiger partial charge is 0.504 e. The van der Waals surface area contributed by atoms with Gasteiger partial charge in [-0.25, -0.2) is 0 Å². The number of phenols is 1. The van der Waals surface area contributed by atoms with Crippen molar-refractivity contribution >= 4 is 5.78 Å². The van der Waals surface area contributed by atoms with E-state index < -0.39 is 11.0 Å². The molecule has 3 aliphatic rings. The summed E-state index contributed by atoms with van der Waals surface area (Å²) in [5.41, 5.74) is 1.04. The van der Waals surface area contributed by atoms with E-state index in [1.165, 1.54) is 0 Å². The Bertz CT molecular complexity index is 959. The molecule has 1 saturated heterocycles. The van der Waals surface area contributed by atoms with Crippen LogP contribution < -0.4 is 4.74 Å². The first-order valence-corrected chi connectivity index (χ1v) is 10.4. The lowest BCUT2D eigenvalue weighted by atomic mass is 9.49. The molecule has 0 amide bonds. The number of piperidine rings is 1. The first kappa shape index (κ1) is 18.6. The van der Waals surface area contributed by atoms with E-state index in [4.69, 9.17) is 4.74 Å². The molecule has 2 aliphatic carbocycles.